The van der Waals surface area contributed by atoms with Crippen LogP contribution in [0.5, 0.6) is 0 Å². The molecule has 3 rings (SSSR count). The highest BCUT2D eigenvalue weighted by Gasteiger charge is 2.13. The van der Waals surface area contributed by atoms with Gasteiger partial charge in [0, 0.05) is 11.3 Å². The van der Waals surface area contributed by atoms with Crippen molar-refractivity contribution in [3.63, 3.8) is 0 Å². The maximum Gasteiger partial charge on any atom is 0.278 e. The lowest BCUT2D eigenvalue weighted by atomic mass is 10.1. The number of para-hydroxylation sites is 1. The third kappa shape index (κ3) is 4.52. The second-order valence-corrected chi connectivity index (χ2v) is 7.54. The number of carbonyl (C=O) groups excluding carboxylic acids is 1. The maximum absolute atomic E-state index is 12.3. The molecular formula is C19H18ClN5O2S. The van der Waals surface area contributed by atoms with Crippen molar-refractivity contribution in [2.45, 2.75) is 19.0 Å². The van der Waals surface area contributed by atoms with E-state index < -0.39 is 5.56 Å². The van der Waals surface area contributed by atoms with Gasteiger partial charge in [-0.2, -0.15) is 0 Å². The van der Waals surface area contributed by atoms with Crippen LogP contribution in [-0.2, 0) is 4.79 Å². The number of thioether (sulfide) groups is 1. The third-order valence-electron chi connectivity index (χ3n) is 3.93. The Morgan fingerprint density at radius 1 is 1.25 bits per heavy atom. The van der Waals surface area contributed by atoms with E-state index in [1.807, 2.05) is 19.9 Å². The Kier molecular flexibility index (Phi) is 6.01. The summed E-state index contributed by atoms with van der Waals surface area (Å²) in [6.07, 6.45) is 0. The summed E-state index contributed by atoms with van der Waals surface area (Å²) >= 11 is 7.27. The summed E-state index contributed by atoms with van der Waals surface area (Å²) in [7, 11) is 0. The zero-order valence-corrected chi connectivity index (χ0v) is 16.8. The van der Waals surface area contributed by atoms with Gasteiger partial charge >= 0.3 is 0 Å². The summed E-state index contributed by atoms with van der Waals surface area (Å²) in [5.74, 6) is -0.223. The number of rotatable bonds is 5. The molecule has 0 fully saturated rings. The van der Waals surface area contributed by atoms with Gasteiger partial charge in [-0.25, -0.2) is 0 Å². The Bertz CT molecular complexity index is 1080. The Morgan fingerprint density at radius 2 is 2.00 bits per heavy atom. The fourth-order valence-corrected chi connectivity index (χ4v) is 3.63. The molecule has 1 aromatic heterocycles. The molecule has 4 N–H and O–H groups in total. The number of nitrogens with two attached hydrogens (primary N) is 1. The number of aryl methyl sites for hydroxylation is 2. The molecule has 0 bridgehead atoms. The monoisotopic (exact) mass is 415 g/mol. The lowest BCUT2D eigenvalue weighted by Crippen LogP contribution is -2.18. The van der Waals surface area contributed by atoms with Crippen LogP contribution in [0.1, 0.15) is 11.1 Å². The Balaban J connectivity index is 1.68. The summed E-state index contributed by atoms with van der Waals surface area (Å²) < 4.78 is 0. The van der Waals surface area contributed by atoms with E-state index in [-0.39, 0.29) is 22.5 Å². The molecule has 1 heterocycles. The van der Waals surface area contributed by atoms with Crippen LogP contribution in [0.3, 0.4) is 0 Å². The van der Waals surface area contributed by atoms with Gasteiger partial charge in [0.05, 0.1) is 16.5 Å². The predicted octanol–water partition coefficient (Wildman–Crippen LogP) is 3.42. The SMILES string of the molecule is Cc1cc(C)c(NC(=O)CSc2nnc(-c3ccccc3N)c(=O)[nH]2)c(Cl)c1. The van der Waals surface area contributed by atoms with Crippen LogP contribution >= 0.6 is 23.4 Å². The number of amides is 1. The zero-order chi connectivity index (χ0) is 20.3. The van der Waals surface area contributed by atoms with E-state index in [1.165, 1.54) is 0 Å². The number of H-pyrrole nitrogens is 1. The van der Waals surface area contributed by atoms with E-state index in [9.17, 15) is 9.59 Å². The molecule has 3 aromatic rings. The molecule has 0 aliphatic carbocycles. The largest absolute Gasteiger partial charge is 0.398 e. The van der Waals surface area contributed by atoms with E-state index in [0.29, 0.717) is 22.0 Å². The first-order chi connectivity index (χ1) is 13.3. The van der Waals surface area contributed by atoms with Crippen LogP contribution in [-0.4, -0.2) is 26.8 Å². The molecule has 9 heteroatoms. The molecular weight excluding hydrogens is 398 g/mol. The normalized spacial score (nSPS) is 10.7. The number of nitrogens with one attached hydrogen (secondary N) is 2. The zero-order valence-electron chi connectivity index (χ0n) is 15.2. The van der Waals surface area contributed by atoms with Gasteiger partial charge in [-0.1, -0.05) is 47.6 Å². The molecule has 0 atom stereocenters. The molecule has 1 amide bonds. The number of benzene rings is 2. The van der Waals surface area contributed by atoms with Gasteiger partial charge in [-0.05, 0) is 37.1 Å². The van der Waals surface area contributed by atoms with Gasteiger partial charge in [-0.3, -0.25) is 14.6 Å². The van der Waals surface area contributed by atoms with E-state index in [4.69, 9.17) is 17.3 Å². The first-order valence-corrected chi connectivity index (χ1v) is 9.73. The Morgan fingerprint density at radius 3 is 2.68 bits per heavy atom. The number of halogens is 1. The average molecular weight is 416 g/mol. The van der Waals surface area contributed by atoms with Crippen molar-refractivity contribution in [1.82, 2.24) is 15.2 Å². The van der Waals surface area contributed by atoms with Crippen molar-refractivity contribution in [2.24, 2.45) is 0 Å². The minimum atomic E-state index is -0.423. The average Bonchev–Trinajstić information content (AvgIpc) is 2.64. The highest BCUT2D eigenvalue weighted by Crippen LogP contribution is 2.27. The van der Waals surface area contributed by atoms with Crippen LogP contribution < -0.4 is 16.6 Å². The van der Waals surface area contributed by atoms with Crippen LogP contribution in [0, 0.1) is 13.8 Å². The van der Waals surface area contributed by atoms with Gasteiger partial charge in [0.1, 0.15) is 0 Å². The van der Waals surface area contributed by atoms with Crippen LogP contribution in [0.15, 0.2) is 46.3 Å². The number of nitrogen functional groups attached to an aromatic ring is 1. The van der Waals surface area contributed by atoms with E-state index in [1.54, 1.807) is 30.3 Å². The van der Waals surface area contributed by atoms with E-state index in [2.05, 4.69) is 20.5 Å². The summed E-state index contributed by atoms with van der Waals surface area (Å²) in [4.78, 5) is 27.2. The first-order valence-electron chi connectivity index (χ1n) is 8.36. The first kappa shape index (κ1) is 19.9. The number of nitrogens with zero attached hydrogens (tertiary/aromatic N) is 2. The topological polar surface area (TPSA) is 114 Å². The molecule has 0 radical (unpaired) electrons. The number of aromatic nitrogens is 3. The summed E-state index contributed by atoms with van der Waals surface area (Å²) in [6.45, 7) is 3.81. The fourth-order valence-electron chi connectivity index (χ4n) is 2.66. The number of hydrogen-bond acceptors (Lipinski definition) is 6. The minimum absolute atomic E-state index is 0.0427. The van der Waals surface area contributed by atoms with Gasteiger partial charge in [0.2, 0.25) is 5.91 Å². The van der Waals surface area contributed by atoms with Gasteiger partial charge in [0.15, 0.2) is 10.9 Å². The molecule has 2 aromatic carbocycles. The summed E-state index contributed by atoms with van der Waals surface area (Å²) in [5.41, 5.74) is 9.00. The molecule has 144 valence electrons. The lowest BCUT2D eigenvalue weighted by Gasteiger charge is -2.11. The molecule has 0 saturated carbocycles. The van der Waals surface area contributed by atoms with Gasteiger partial charge in [0.25, 0.3) is 5.56 Å². The second-order valence-electron chi connectivity index (χ2n) is 6.17. The molecule has 0 spiro atoms. The summed E-state index contributed by atoms with van der Waals surface area (Å²) in [6, 6.07) is 10.6. The minimum Gasteiger partial charge on any atom is -0.398 e. The van der Waals surface area contributed by atoms with Gasteiger partial charge < -0.3 is 11.1 Å². The quantitative estimate of drug-likeness (QED) is 0.434. The maximum atomic E-state index is 12.3. The summed E-state index contributed by atoms with van der Waals surface area (Å²) in [5, 5.41) is 11.4. The lowest BCUT2D eigenvalue weighted by molar-refractivity contribution is -0.113. The van der Waals surface area contributed by atoms with Crippen molar-refractivity contribution in [3.05, 3.63) is 62.9 Å². The number of carbonyl (C=O) groups is 1. The fraction of sp³-hybridized carbons (Fsp3) is 0.158. The highest BCUT2D eigenvalue weighted by atomic mass is 35.5. The van der Waals surface area contributed by atoms with Crippen molar-refractivity contribution in [3.8, 4) is 11.3 Å². The number of anilines is 2. The Hall–Kier alpha value is -2.84. The van der Waals surface area contributed by atoms with Crippen LogP contribution in [0.25, 0.3) is 11.3 Å². The van der Waals surface area contributed by atoms with Crippen molar-refractivity contribution < 1.29 is 4.79 Å². The van der Waals surface area contributed by atoms with E-state index >= 15 is 0 Å². The van der Waals surface area contributed by atoms with Crippen LogP contribution in [0.2, 0.25) is 5.02 Å². The Labute approximate surface area is 170 Å². The molecule has 28 heavy (non-hydrogen) atoms. The third-order valence-corrected chi connectivity index (χ3v) is 5.09. The van der Waals surface area contributed by atoms with Crippen LogP contribution in [0.4, 0.5) is 11.4 Å². The smallest absolute Gasteiger partial charge is 0.278 e. The predicted molar refractivity (Wildman–Crippen MR) is 113 cm³/mol. The van der Waals surface area contributed by atoms with Crippen molar-refractivity contribution >= 4 is 40.6 Å². The number of hydrogen-bond donors (Lipinski definition) is 3. The highest BCUT2D eigenvalue weighted by molar-refractivity contribution is 7.99. The van der Waals surface area contributed by atoms with Gasteiger partial charge in [-0.15, -0.1) is 10.2 Å². The standard InChI is InChI=1S/C19H18ClN5O2S/c1-10-7-11(2)16(13(20)8-10)22-15(26)9-28-19-23-18(27)17(24-25-19)12-5-3-4-6-14(12)21/h3-8H,9,21H2,1-2H3,(H,22,26)(H,23,25,27). The van der Waals surface area contributed by atoms with Crippen molar-refractivity contribution in [1.29, 1.82) is 0 Å². The van der Waals surface area contributed by atoms with Crippen molar-refractivity contribution in [2.75, 3.05) is 16.8 Å². The molecule has 0 aliphatic heterocycles. The molecule has 0 unspecified atom stereocenters. The second kappa shape index (κ2) is 8.45. The van der Waals surface area contributed by atoms with E-state index in [0.717, 1.165) is 22.9 Å². The number of aromatic amines is 1. The molecule has 0 aliphatic rings. The molecule has 7 nitrogen and oxygen atoms in total. The molecule has 0 saturated heterocycles.